The molecule has 1 saturated carbocycles. The summed E-state index contributed by atoms with van der Waals surface area (Å²) in [4.78, 5) is 0.188. The molecule has 3 heteroatoms. The van der Waals surface area contributed by atoms with Crippen LogP contribution in [0, 0.1) is 11.7 Å². The Morgan fingerprint density at radius 3 is 2.60 bits per heavy atom. The van der Waals surface area contributed by atoms with Gasteiger partial charge in [-0.1, -0.05) is 52.3 Å². The number of ether oxygens (including phenoxy) is 1. The highest BCUT2D eigenvalue weighted by atomic mass is 79.9. The average Bonchev–Trinajstić information content (AvgIpc) is 3.28. The fourth-order valence-electron chi connectivity index (χ4n) is 2.72. The van der Waals surface area contributed by atoms with Crippen molar-refractivity contribution in [2.45, 2.75) is 17.2 Å². The highest BCUT2D eigenvalue weighted by Crippen LogP contribution is 2.57. The fourth-order valence-corrected chi connectivity index (χ4v) is 3.59. The summed E-state index contributed by atoms with van der Waals surface area (Å²) >= 11 is 3.72. The first kappa shape index (κ1) is 13.6. The van der Waals surface area contributed by atoms with E-state index in [4.69, 9.17) is 4.74 Å². The molecule has 0 radical (unpaired) electrons. The van der Waals surface area contributed by atoms with Crippen LogP contribution in [0.15, 0.2) is 48.5 Å². The van der Waals surface area contributed by atoms with Crippen molar-refractivity contribution in [3.63, 3.8) is 0 Å². The molecule has 0 N–H and O–H groups in total. The van der Waals surface area contributed by atoms with Crippen LogP contribution in [0.1, 0.15) is 28.3 Å². The molecule has 0 amide bonds. The molecule has 0 aliphatic heterocycles. The third-order valence-corrected chi connectivity index (χ3v) is 5.15. The SMILES string of the molecule is COc1ccc(C(Br)C2CC2c2ccccc2)cc1F. The van der Waals surface area contributed by atoms with E-state index in [1.165, 1.54) is 12.7 Å². The Labute approximate surface area is 126 Å². The standard InChI is InChI=1S/C17H16BrFO/c1-20-16-8-7-12(9-15(16)19)17(18)14-10-13(14)11-5-3-2-4-6-11/h2-9,13-14,17H,10H2,1H3. The number of rotatable bonds is 4. The molecule has 0 heterocycles. The summed E-state index contributed by atoms with van der Waals surface area (Å²) in [6, 6.07) is 15.7. The summed E-state index contributed by atoms with van der Waals surface area (Å²) in [7, 11) is 1.48. The molecule has 0 bridgehead atoms. The Morgan fingerprint density at radius 2 is 1.95 bits per heavy atom. The summed E-state index contributed by atoms with van der Waals surface area (Å²) < 4.78 is 18.7. The molecule has 0 spiro atoms. The molecule has 3 unspecified atom stereocenters. The van der Waals surface area contributed by atoms with Gasteiger partial charge in [0.2, 0.25) is 0 Å². The average molecular weight is 335 g/mol. The van der Waals surface area contributed by atoms with E-state index in [1.807, 2.05) is 12.1 Å². The van der Waals surface area contributed by atoms with Gasteiger partial charge in [-0.15, -0.1) is 0 Å². The zero-order valence-corrected chi connectivity index (χ0v) is 12.8. The van der Waals surface area contributed by atoms with Crippen molar-refractivity contribution in [1.29, 1.82) is 0 Å². The van der Waals surface area contributed by atoms with Gasteiger partial charge in [0, 0.05) is 4.83 Å². The lowest BCUT2D eigenvalue weighted by molar-refractivity contribution is 0.386. The monoisotopic (exact) mass is 334 g/mol. The van der Waals surface area contributed by atoms with Crippen molar-refractivity contribution in [3.8, 4) is 5.75 Å². The molecular formula is C17H16BrFO. The van der Waals surface area contributed by atoms with Crippen LogP contribution in [0.5, 0.6) is 5.75 Å². The molecule has 20 heavy (non-hydrogen) atoms. The predicted molar refractivity (Wildman–Crippen MR) is 81.9 cm³/mol. The second-order valence-electron chi connectivity index (χ2n) is 5.21. The van der Waals surface area contributed by atoms with Crippen LogP contribution in [0.4, 0.5) is 4.39 Å². The maximum absolute atomic E-state index is 13.8. The van der Waals surface area contributed by atoms with Crippen molar-refractivity contribution >= 4 is 15.9 Å². The molecule has 2 aromatic rings. The first-order valence-corrected chi connectivity index (χ1v) is 7.64. The minimum absolute atomic E-state index is 0.188. The normalized spacial score (nSPS) is 22.4. The van der Waals surface area contributed by atoms with E-state index in [0.29, 0.717) is 17.6 Å². The summed E-state index contributed by atoms with van der Waals surface area (Å²) in [6.45, 7) is 0. The second-order valence-corrected chi connectivity index (χ2v) is 6.20. The van der Waals surface area contributed by atoms with Crippen molar-refractivity contribution in [1.82, 2.24) is 0 Å². The van der Waals surface area contributed by atoms with Gasteiger partial charge in [0.05, 0.1) is 7.11 Å². The van der Waals surface area contributed by atoms with E-state index in [1.54, 1.807) is 12.1 Å². The Morgan fingerprint density at radius 1 is 1.20 bits per heavy atom. The number of benzene rings is 2. The van der Waals surface area contributed by atoms with Crippen molar-refractivity contribution in [3.05, 3.63) is 65.5 Å². The zero-order valence-electron chi connectivity index (χ0n) is 11.2. The fraction of sp³-hybridized carbons (Fsp3) is 0.294. The summed E-state index contributed by atoms with van der Waals surface area (Å²) in [5.74, 6) is 1.10. The molecule has 1 fully saturated rings. The molecule has 0 aromatic heterocycles. The third-order valence-electron chi connectivity index (χ3n) is 3.94. The lowest BCUT2D eigenvalue weighted by atomic mass is 10.0. The lowest BCUT2D eigenvalue weighted by Gasteiger charge is -2.11. The number of hydrogen-bond acceptors (Lipinski definition) is 1. The highest BCUT2D eigenvalue weighted by Gasteiger charge is 2.43. The van der Waals surface area contributed by atoms with E-state index >= 15 is 0 Å². The Balaban J connectivity index is 1.75. The van der Waals surface area contributed by atoms with E-state index in [0.717, 1.165) is 12.0 Å². The van der Waals surface area contributed by atoms with Crippen LogP contribution in [0.25, 0.3) is 0 Å². The summed E-state index contributed by atoms with van der Waals surface area (Å²) in [6.07, 6.45) is 1.15. The quantitative estimate of drug-likeness (QED) is 0.709. The van der Waals surface area contributed by atoms with Crippen molar-refractivity contribution in [2.24, 2.45) is 5.92 Å². The van der Waals surface area contributed by atoms with Crippen molar-refractivity contribution < 1.29 is 9.13 Å². The minimum Gasteiger partial charge on any atom is -0.494 e. The lowest BCUT2D eigenvalue weighted by Crippen LogP contribution is -1.97. The second kappa shape index (κ2) is 5.57. The number of alkyl halides is 1. The minimum atomic E-state index is -0.300. The van der Waals surface area contributed by atoms with Crippen LogP contribution < -0.4 is 4.74 Å². The van der Waals surface area contributed by atoms with Gasteiger partial charge in [0.15, 0.2) is 11.6 Å². The van der Waals surface area contributed by atoms with Gasteiger partial charge in [0.1, 0.15) is 0 Å². The molecule has 0 saturated heterocycles. The van der Waals surface area contributed by atoms with Gasteiger partial charge < -0.3 is 4.74 Å². The summed E-state index contributed by atoms with van der Waals surface area (Å²) in [5.41, 5.74) is 2.35. The molecular weight excluding hydrogens is 319 g/mol. The Hall–Kier alpha value is -1.35. The zero-order chi connectivity index (χ0) is 14.1. The maximum atomic E-state index is 13.8. The number of hydrogen-bond donors (Lipinski definition) is 0. The Bertz CT molecular complexity index is 599. The van der Waals surface area contributed by atoms with Gasteiger partial charge in [-0.2, -0.15) is 0 Å². The number of methoxy groups -OCH3 is 1. The molecule has 104 valence electrons. The van der Waals surface area contributed by atoms with Crippen LogP contribution in [0.2, 0.25) is 0 Å². The predicted octanol–water partition coefficient (Wildman–Crippen LogP) is 5.07. The van der Waals surface area contributed by atoms with Crippen LogP contribution in [0.3, 0.4) is 0 Å². The smallest absolute Gasteiger partial charge is 0.165 e. The molecule has 1 nitrogen and oxygen atoms in total. The Kier molecular flexibility index (Phi) is 3.79. The molecule has 3 atom stereocenters. The van der Waals surface area contributed by atoms with Gasteiger partial charge in [-0.25, -0.2) is 4.39 Å². The van der Waals surface area contributed by atoms with E-state index < -0.39 is 0 Å². The van der Waals surface area contributed by atoms with E-state index in [9.17, 15) is 4.39 Å². The van der Waals surface area contributed by atoms with Gasteiger partial charge in [-0.05, 0) is 41.5 Å². The molecule has 2 aromatic carbocycles. The highest BCUT2D eigenvalue weighted by molar-refractivity contribution is 9.09. The number of halogens is 2. The van der Waals surface area contributed by atoms with Gasteiger partial charge in [-0.3, -0.25) is 0 Å². The first-order chi connectivity index (χ1) is 9.70. The topological polar surface area (TPSA) is 9.23 Å². The van der Waals surface area contributed by atoms with Gasteiger partial charge in [0.25, 0.3) is 0 Å². The van der Waals surface area contributed by atoms with Crippen LogP contribution in [-0.2, 0) is 0 Å². The van der Waals surface area contributed by atoms with Crippen molar-refractivity contribution in [2.75, 3.05) is 7.11 Å². The molecule has 1 aliphatic carbocycles. The van der Waals surface area contributed by atoms with E-state index in [-0.39, 0.29) is 10.6 Å². The van der Waals surface area contributed by atoms with Crippen LogP contribution in [-0.4, -0.2) is 7.11 Å². The largest absolute Gasteiger partial charge is 0.494 e. The van der Waals surface area contributed by atoms with Gasteiger partial charge >= 0.3 is 0 Å². The van der Waals surface area contributed by atoms with E-state index in [2.05, 4.69) is 40.2 Å². The summed E-state index contributed by atoms with van der Waals surface area (Å²) in [5, 5.41) is 0. The first-order valence-electron chi connectivity index (χ1n) is 6.73. The molecule has 3 rings (SSSR count). The third kappa shape index (κ3) is 2.59. The molecule has 1 aliphatic rings. The van der Waals surface area contributed by atoms with Crippen LogP contribution >= 0.6 is 15.9 Å². The maximum Gasteiger partial charge on any atom is 0.165 e.